The molecule has 28 heavy (non-hydrogen) atoms. The predicted octanol–water partition coefficient (Wildman–Crippen LogP) is 4.12. The van der Waals surface area contributed by atoms with Crippen molar-refractivity contribution in [3.05, 3.63) is 70.1 Å². The minimum atomic E-state index is -4.61. The van der Waals surface area contributed by atoms with Gasteiger partial charge in [-0.25, -0.2) is 0 Å². The fourth-order valence-corrected chi connectivity index (χ4v) is 2.58. The molecule has 0 aromatic carbocycles. The average molecular weight is 394 g/mol. The van der Waals surface area contributed by atoms with Gasteiger partial charge in [0.05, 0.1) is 6.04 Å². The quantitative estimate of drug-likeness (QED) is 0.682. The van der Waals surface area contributed by atoms with E-state index < -0.39 is 30.2 Å². The van der Waals surface area contributed by atoms with E-state index in [1.165, 1.54) is 6.20 Å². The lowest BCUT2D eigenvalue weighted by atomic mass is 10.0. The van der Waals surface area contributed by atoms with E-state index in [1.807, 2.05) is 0 Å². The van der Waals surface area contributed by atoms with Crippen LogP contribution in [0.25, 0.3) is 0 Å². The van der Waals surface area contributed by atoms with Gasteiger partial charge in [-0.3, -0.25) is 9.78 Å². The Balaban J connectivity index is 1.83. The van der Waals surface area contributed by atoms with Crippen molar-refractivity contribution in [2.24, 2.45) is 0 Å². The maximum atomic E-state index is 12.7. The van der Waals surface area contributed by atoms with Crippen LogP contribution in [0.2, 0.25) is 0 Å². The normalized spacial score (nSPS) is 14.4. The van der Waals surface area contributed by atoms with Crippen molar-refractivity contribution in [1.29, 1.82) is 0 Å². The maximum absolute atomic E-state index is 12.7. The summed E-state index contributed by atoms with van der Waals surface area (Å²) in [7, 11) is 0. The molecule has 1 unspecified atom stereocenters. The van der Waals surface area contributed by atoms with Crippen molar-refractivity contribution in [2.45, 2.75) is 39.4 Å². The number of rotatable bonds is 5. The minimum Gasteiger partial charge on any atom is -0.361 e. The van der Waals surface area contributed by atoms with Crippen molar-refractivity contribution >= 4 is 5.91 Å². The van der Waals surface area contributed by atoms with Gasteiger partial charge in [0.25, 0.3) is 5.91 Å². The van der Waals surface area contributed by atoms with Crippen LogP contribution in [0, 0.1) is 13.8 Å². The molecule has 0 aliphatic rings. The highest BCUT2D eigenvalue weighted by atomic mass is 19.4. The minimum absolute atomic E-state index is 0.0593. The summed E-state index contributed by atoms with van der Waals surface area (Å²) in [5.41, 5.74) is -0.0293. The molecular formula is C19H19F3N4O2. The topological polar surface area (TPSA) is 83.8 Å². The van der Waals surface area contributed by atoms with Gasteiger partial charge in [-0.05, 0) is 43.5 Å². The molecule has 1 amide bonds. The highest BCUT2D eigenvalue weighted by molar-refractivity contribution is 5.94. The van der Waals surface area contributed by atoms with Crippen molar-refractivity contribution in [3.63, 3.8) is 0 Å². The van der Waals surface area contributed by atoms with Crippen LogP contribution < -0.4 is 5.32 Å². The first kappa shape index (κ1) is 17.0. The molecule has 3 heterocycles. The Labute approximate surface area is 162 Å². The molecule has 0 saturated carbocycles. The third-order valence-corrected chi connectivity index (χ3v) is 4.14. The van der Waals surface area contributed by atoms with E-state index >= 15 is 0 Å². The number of amides is 1. The SMILES string of the molecule is [2H]C([2H])(c1ccc(C(F)(F)F)nc1)c1c[nH]c(C(=O)NC(C)c2cc(C)on2)c1C. The van der Waals surface area contributed by atoms with Crippen molar-refractivity contribution in [1.82, 2.24) is 20.4 Å². The molecular weight excluding hydrogens is 373 g/mol. The molecule has 0 aliphatic carbocycles. The Bertz CT molecular complexity index is 1060. The highest BCUT2D eigenvalue weighted by Crippen LogP contribution is 2.27. The number of hydrogen-bond acceptors (Lipinski definition) is 4. The lowest BCUT2D eigenvalue weighted by Gasteiger charge is -2.11. The zero-order chi connectivity index (χ0) is 22.3. The number of aryl methyl sites for hydroxylation is 1. The van der Waals surface area contributed by atoms with Gasteiger partial charge in [-0.2, -0.15) is 13.2 Å². The number of hydrogen-bond donors (Lipinski definition) is 2. The zero-order valence-corrected chi connectivity index (χ0v) is 15.3. The van der Waals surface area contributed by atoms with Crippen LogP contribution in [0.5, 0.6) is 0 Å². The van der Waals surface area contributed by atoms with Gasteiger partial charge in [-0.15, -0.1) is 0 Å². The fourth-order valence-electron chi connectivity index (χ4n) is 2.58. The Morgan fingerprint density at radius 1 is 1.39 bits per heavy atom. The first-order chi connectivity index (χ1) is 13.9. The van der Waals surface area contributed by atoms with Crippen molar-refractivity contribution in [2.75, 3.05) is 0 Å². The van der Waals surface area contributed by atoms with Crippen molar-refractivity contribution < 1.29 is 25.2 Å². The number of halogens is 3. The number of carbonyl (C=O) groups is 1. The van der Waals surface area contributed by atoms with E-state index in [1.54, 1.807) is 26.8 Å². The number of nitrogens with one attached hydrogen (secondary N) is 2. The Morgan fingerprint density at radius 3 is 2.71 bits per heavy atom. The van der Waals surface area contributed by atoms with E-state index in [0.29, 0.717) is 17.0 Å². The van der Waals surface area contributed by atoms with E-state index in [4.69, 9.17) is 7.26 Å². The van der Waals surface area contributed by atoms with Gasteiger partial charge in [0, 0.05) is 27.6 Å². The van der Waals surface area contributed by atoms with Gasteiger partial charge < -0.3 is 14.8 Å². The second-order valence-corrected chi connectivity index (χ2v) is 6.31. The molecule has 3 rings (SSSR count). The molecule has 0 saturated heterocycles. The van der Waals surface area contributed by atoms with Gasteiger partial charge in [0.2, 0.25) is 0 Å². The summed E-state index contributed by atoms with van der Waals surface area (Å²) in [6, 6.07) is 3.01. The average Bonchev–Trinajstić information content (AvgIpc) is 3.27. The van der Waals surface area contributed by atoms with Crippen LogP contribution in [-0.2, 0) is 12.5 Å². The molecule has 0 radical (unpaired) electrons. The molecule has 0 spiro atoms. The van der Waals surface area contributed by atoms with Gasteiger partial charge in [-0.1, -0.05) is 11.2 Å². The van der Waals surface area contributed by atoms with E-state index in [2.05, 4.69) is 20.4 Å². The third-order valence-electron chi connectivity index (χ3n) is 4.14. The molecule has 6 nitrogen and oxygen atoms in total. The zero-order valence-electron chi connectivity index (χ0n) is 17.3. The lowest BCUT2D eigenvalue weighted by molar-refractivity contribution is -0.141. The predicted molar refractivity (Wildman–Crippen MR) is 94.7 cm³/mol. The summed E-state index contributed by atoms with van der Waals surface area (Å²) >= 11 is 0. The van der Waals surface area contributed by atoms with Crippen LogP contribution in [0.15, 0.2) is 35.1 Å². The van der Waals surface area contributed by atoms with E-state index in [0.717, 1.165) is 18.3 Å². The highest BCUT2D eigenvalue weighted by Gasteiger charge is 2.32. The molecule has 3 aromatic rings. The summed E-state index contributed by atoms with van der Waals surface area (Å²) in [6.45, 7) is 5.01. The summed E-state index contributed by atoms with van der Waals surface area (Å²) in [6.07, 6.45) is -4.60. The standard InChI is InChI=1S/C19H19F3N4O2/c1-10-6-15(26-28-10)12(3)25-18(27)17-11(2)14(9-24-17)7-13-4-5-16(23-8-13)19(20,21)22/h4-6,8-9,12,24H,7H2,1-3H3,(H,25,27)/i7D2. The summed E-state index contributed by atoms with van der Waals surface area (Å²) in [4.78, 5) is 18.7. The van der Waals surface area contributed by atoms with Gasteiger partial charge in [0.1, 0.15) is 22.8 Å². The molecule has 0 fully saturated rings. The number of pyridine rings is 1. The summed E-state index contributed by atoms with van der Waals surface area (Å²) in [5.74, 6) is 0.121. The Morgan fingerprint density at radius 2 is 2.14 bits per heavy atom. The molecule has 0 aliphatic heterocycles. The lowest BCUT2D eigenvalue weighted by Crippen LogP contribution is -2.27. The molecule has 2 N–H and O–H groups in total. The Hall–Kier alpha value is -3.10. The number of nitrogens with zero attached hydrogens (tertiary/aromatic N) is 2. The first-order valence-corrected chi connectivity index (χ1v) is 8.37. The molecule has 148 valence electrons. The first-order valence-electron chi connectivity index (χ1n) is 9.37. The molecule has 0 bridgehead atoms. The largest absolute Gasteiger partial charge is 0.433 e. The number of H-pyrrole nitrogens is 1. The monoisotopic (exact) mass is 394 g/mol. The number of aromatic amines is 1. The number of alkyl halides is 3. The fraction of sp³-hybridized carbons (Fsp3) is 0.316. The number of carbonyl (C=O) groups excluding carboxylic acids is 1. The van der Waals surface area contributed by atoms with Crippen LogP contribution in [0.1, 0.15) is 60.0 Å². The van der Waals surface area contributed by atoms with Gasteiger partial charge >= 0.3 is 6.18 Å². The van der Waals surface area contributed by atoms with Crippen LogP contribution in [-0.4, -0.2) is 21.0 Å². The van der Waals surface area contributed by atoms with E-state index in [9.17, 15) is 18.0 Å². The molecule has 9 heteroatoms. The van der Waals surface area contributed by atoms with E-state index in [-0.39, 0.29) is 16.8 Å². The smallest absolute Gasteiger partial charge is 0.361 e. The number of aromatic nitrogens is 3. The second kappa shape index (κ2) is 7.49. The second-order valence-electron chi connectivity index (χ2n) is 6.31. The molecule has 1 atom stereocenters. The summed E-state index contributed by atoms with van der Waals surface area (Å²) in [5, 5.41) is 6.59. The van der Waals surface area contributed by atoms with Crippen LogP contribution >= 0.6 is 0 Å². The van der Waals surface area contributed by atoms with Crippen LogP contribution in [0.3, 0.4) is 0 Å². The Kier molecular flexibility index (Phi) is 4.56. The van der Waals surface area contributed by atoms with Crippen molar-refractivity contribution in [3.8, 4) is 0 Å². The molecule has 3 aromatic heterocycles. The third kappa shape index (κ3) is 4.24. The summed E-state index contributed by atoms with van der Waals surface area (Å²) < 4.78 is 59.9. The maximum Gasteiger partial charge on any atom is 0.433 e. The van der Waals surface area contributed by atoms with Crippen LogP contribution in [0.4, 0.5) is 13.2 Å². The van der Waals surface area contributed by atoms with Gasteiger partial charge in [0.15, 0.2) is 0 Å².